The Balaban J connectivity index is 2.07. The van der Waals surface area contributed by atoms with Crippen LogP contribution in [0.3, 0.4) is 0 Å². The van der Waals surface area contributed by atoms with E-state index in [4.69, 9.17) is 5.73 Å². The average Bonchev–Trinajstić information content (AvgIpc) is 2.80. The van der Waals surface area contributed by atoms with Gasteiger partial charge in [-0.1, -0.05) is 13.8 Å². The molecule has 3 N–H and O–H groups in total. The van der Waals surface area contributed by atoms with E-state index in [9.17, 15) is 4.79 Å². The van der Waals surface area contributed by atoms with Gasteiger partial charge < -0.3 is 11.1 Å². The lowest BCUT2D eigenvalue weighted by Crippen LogP contribution is -2.17. The van der Waals surface area contributed by atoms with E-state index in [1.54, 1.807) is 6.07 Å². The van der Waals surface area contributed by atoms with Gasteiger partial charge in [-0.3, -0.25) is 4.79 Å². The molecule has 0 bridgehead atoms. The molecular weight excluding hydrogens is 200 g/mol. The summed E-state index contributed by atoms with van der Waals surface area (Å²) in [6.45, 7) is 6.18. The third kappa shape index (κ3) is 2.03. The van der Waals surface area contributed by atoms with Crippen LogP contribution < -0.4 is 11.1 Å². The highest BCUT2D eigenvalue weighted by molar-refractivity contribution is 5.95. The number of hydrogen-bond acceptors (Lipinski definition) is 2. The van der Waals surface area contributed by atoms with Gasteiger partial charge in [0.2, 0.25) is 5.91 Å². The lowest BCUT2D eigenvalue weighted by molar-refractivity contribution is -0.118. The van der Waals surface area contributed by atoms with Crippen LogP contribution in [0.15, 0.2) is 18.2 Å². The Labute approximate surface area is 96.0 Å². The van der Waals surface area contributed by atoms with Gasteiger partial charge >= 0.3 is 0 Å². The van der Waals surface area contributed by atoms with Gasteiger partial charge in [-0.25, -0.2) is 0 Å². The first kappa shape index (κ1) is 11.0. The van der Waals surface area contributed by atoms with E-state index in [2.05, 4.69) is 19.2 Å². The molecule has 1 saturated carbocycles. The number of carbonyl (C=O) groups excluding carboxylic acids is 1. The molecule has 0 heterocycles. The van der Waals surface area contributed by atoms with Crippen LogP contribution in [-0.2, 0) is 4.79 Å². The zero-order chi connectivity index (χ0) is 11.9. The molecule has 86 valence electrons. The minimum absolute atomic E-state index is 0.123. The number of aryl methyl sites for hydroxylation is 1. The highest BCUT2D eigenvalue weighted by Gasteiger charge is 2.50. The highest BCUT2D eigenvalue weighted by atomic mass is 16.2. The van der Waals surface area contributed by atoms with E-state index in [1.807, 2.05) is 19.1 Å². The molecule has 0 aromatic heterocycles. The molecule has 0 spiro atoms. The van der Waals surface area contributed by atoms with Crippen molar-refractivity contribution in [2.75, 3.05) is 11.1 Å². The van der Waals surface area contributed by atoms with Crippen molar-refractivity contribution in [1.82, 2.24) is 0 Å². The summed E-state index contributed by atoms with van der Waals surface area (Å²) in [7, 11) is 0. The minimum Gasteiger partial charge on any atom is -0.399 e. The molecule has 1 aromatic rings. The monoisotopic (exact) mass is 218 g/mol. The molecule has 3 heteroatoms. The topological polar surface area (TPSA) is 55.1 Å². The van der Waals surface area contributed by atoms with Gasteiger partial charge in [0, 0.05) is 17.3 Å². The van der Waals surface area contributed by atoms with E-state index in [0.717, 1.165) is 23.4 Å². The molecule has 1 aromatic carbocycles. The molecule has 16 heavy (non-hydrogen) atoms. The van der Waals surface area contributed by atoms with Crippen molar-refractivity contribution in [2.24, 2.45) is 11.3 Å². The Bertz CT molecular complexity index is 438. The molecule has 0 saturated heterocycles. The molecular formula is C13H18N2O. The van der Waals surface area contributed by atoms with E-state index < -0.39 is 0 Å². The summed E-state index contributed by atoms with van der Waals surface area (Å²) in [6, 6.07) is 5.53. The molecule has 0 radical (unpaired) electrons. The van der Waals surface area contributed by atoms with Crippen molar-refractivity contribution in [1.29, 1.82) is 0 Å². The molecule has 0 aliphatic heterocycles. The number of nitrogens with one attached hydrogen (secondary N) is 1. The zero-order valence-corrected chi connectivity index (χ0v) is 10.0. The van der Waals surface area contributed by atoms with Crippen molar-refractivity contribution in [3.63, 3.8) is 0 Å². The van der Waals surface area contributed by atoms with Gasteiger partial charge in [0.05, 0.1) is 0 Å². The van der Waals surface area contributed by atoms with Gasteiger partial charge in [-0.2, -0.15) is 0 Å². The number of amides is 1. The number of nitrogens with two attached hydrogens (primary N) is 1. The fourth-order valence-corrected chi connectivity index (χ4v) is 1.96. The van der Waals surface area contributed by atoms with Crippen molar-refractivity contribution in [3.05, 3.63) is 23.8 Å². The van der Waals surface area contributed by atoms with E-state index in [1.165, 1.54) is 0 Å². The molecule has 1 unspecified atom stereocenters. The first-order valence-electron chi connectivity index (χ1n) is 5.57. The average molecular weight is 218 g/mol. The first-order valence-corrected chi connectivity index (χ1v) is 5.57. The molecule has 2 rings (SSSR count). The first-order chi connectivity index (χ1) is 7.40. The molecule has 3 nitrogen and oxygen atoms in total. The van der Waals surface area contributed by atoms with Crippen molar-refractivity contribution in [2.45, 2.75) is 27.2 Å². The number of rotatable bonds is 2. The van der Waals surface area contributed by atoms with Gasteiger partial charge in [0.25, 0.3) is 0 Å². The molecule has 1 amide bonds. The van der Waals surface area contributed by atoms with Crippen molar-refractivity contribution >= 4 is 17.3 Å². The predicted octanol–water partition coefficient (Wildman–Crippen LogP) is 2.56. The number of hydrogen-bond donors (Lipinski definition) is 2. The Morgan fingerprint density at radius 1 is 1.50 bits per heavy atom. The third-order valence-electron chi connectivity index (χ3n) is 3.34. The second-order valence-electron chi connectivity index (χ2n) is 5.31. The molecule has 1 aliphatic rings. The molecule has 1 atom stereocenters. The van der Waals surface area contributed by atoms with Crippen LogP contribution in [0, 0.1) is 18.3 Å². The predicted molar refractivity (Wildman–Crippen MR) is 66.1 cm³/mol. The molecule has 1 aliphatic carbocycles. The smallest absolute Gasteiger partial charge is 0.228 e. The molecule has 1 fully saturated rings. The summed E-state index contributed by atoms with van der Waals surface area (Å²) >= 11 is 0. The Morgan fingerprint density at radius 2 is 2.12 bits per heavy atom. The number of carbonyl (C=O) groups is 1. The Kier molecular flexibility index (Phi) is 2.41. The second kappa shape index (κ2) is 3.51. The summed E-state index contributed by atoms with van der Waals surface area (Å²) in [5, 5.41) is 2.96. The maximum Gasteiger partial charge on any atom is 0.228 e. The van der Waals surface area contributed by atoms with Gasteiger partial charge in [-0.15, -0.1) is 0 Å². The van der Waals surface area contributed by atoms with E-state index in [0.29, 0.717) is 0 Å². The van der Waals surface area contributed by atoms with Crippen LogP contribution in [0.2, 0.25) is 0 Å². The summed E-state index contributed by atoms with van der Waals surface area (Å²) in [4.78, 5) is 11.9. The number of benzene rings is 1. The standard InChI is InChI=1S/C13H18N2O/c1-8-6-9(14)4-5-11(8)15-12(16)10-7-13(10,2)3/h4-6,10H,7,14H2,1-3H3,(H,15,16). The fraction of sp³-hybridized carbons (Fsp3) is 0.462. The third-order valence-corrected chi connectivity index (χ3v) is 3.34. The Morgan fingerprint density at radius 3 is 2.62 bits per heavy atom. The quantitative estimate of drug-likeness (QED) is 0.749. The summed E-state index contributed by atoms with van der Waals surface area (Å²) in [6.07, 6.45) is 0.979. The van der Waals surface area contributed by atoms with Crippen LogP contribution in [-0.4, -0.2) is 5.91 Å². The van der Waals surface area contributed by atoms with Crippen molar-refractivity contribution < 1.29 is 4.79 Å². The zero-order valence-electron chi connectivity index (χ0n) is 10.0. The maximum absolute atomic E-state index is 11.9. The number of anilines is 2. The largest absolute Gasteiger partial charge is 0.399 e. The van der Waals surface area contributed by atoms with Gasteiger partial charge in [0.1, 0.15) is 0 Å². The minimum atomic E-state index is 0.123. The van der Waals surface area contributed by atoms with Crippen LogP contribution in [0.25, 0.3) is 0 Å². The van der Waals surface area contributed by atoms with Crippen molar-refractivity contribution in [3.8, 4) is 0 Å². The SMILES string of the molecule is Cc1cc(N)ccc1NC(=O)C1CC1(C)C. The van der Waals surface area contributed by atoms with Crippen LogP contribution >= 0.6 is 0 Å². The number of nitrogen functional groups attached to an aromatic ring is 1. The lowest BCUT2D eigenvalue weighted by Gasteiger charge is -2.09. The second-order valence-corrected chi connectivity index (χ2v) is 5.31. The van der Waals surface area contributed by atoms with Crippen LogP contribution in [0.4, 0.5) is 11.4 Å². The summed E-state index contributed by atoms with van der Waals surface area (Å²) in [5.74, 6) is 0.280. The van der Waals surface area contributed by atoms with E-state index >= 15 is 0 Å². The van der Waals surface area contributed by atoms with E-state index in [-0.39, 0.29) is 17.2 Å². The Hall–Kier alpha value is -1.51. The van der Waals surface area contributed by atoms with Gasteiger partial charge in [0.15, 0.2) is 0 Å². The highest BCUT2D eigenvalue weighted by Crippen LogP contribution is 2.52. The summed E-state index contributed by atoms with van der Waals surface area (Å²) in [5.41, 5.74) is 8.43. The van der Waals surface area contributed by atoms with Crippen LogP contribution in [0.1, 0.15) is 25.8 Å². The van der Waals surface area contributed by atoms with Gasteiger partial charge in [-0.05, 0) is 42.5 Å². The summed E-state index contributed by atoms with van der Waals surface area (Å²) < 4.78 is 0. The van der Waals surface area contributed by atoms with Crippen LogP contribution in [0.5, 0.6) is 0 Å². The lowest BCUT2D eigenvalue weighted by atomic mass is 10.1. The maximum atomic E-state index is 11.9. The fourth-order valence-electron chi connectivity index (χ4n) is 1.96. The normalized spacial score (nSPS) is 21.6.